The topological polar surface area (TPSA) is 46.2 Å². The van der Waals surface area contributed by atoms with Crippen molar-refractivity contribution in [3.05, 3.63) is 52.9 Å². The van der Waals surface area contributed by atoms with Crippen LogP contribution in [0, 0.1) is 0 Å². The maximum absolute atomic E-state index is 11.4. The van der Waals surface area contributed by atoms with Crippen LogP contribution in [0.25, 0.3) is 16.8 Å². The minimum absolute atomic E-state index is 0.313. The number of carbonyl (C=O) groups excluding carboxylic acids is 2. The van der Waals surface area contributed by atoms with Crippen molar-refractivity contribution in [1.29, 1.82) is 0 Å². The van der Waals surface area contributed by atoms with Crippen LogP contribution in [-0.2, 0) is 4.79 Å². The second-order valence-corrected chi connectivity index (χ2v) is 4.97. The molecule has 0 spiro atoms. The number of hydrogen-bond donors (Lipinski definition) is 1. The van der Waals surface area contributed by atoms with Crippen molar-refractivity contribution in [3.63, 3.8) is 0 Å². The van der Waals surface area contributed by atoms with Gasteiger partial charge in [0.25, 0.3) is 11.1 Å². The molecule has 0 atom stereocenters. The Morgan fingerprint density at radius 2 is 1.78 bits per heavy atom. The molecule has 1 fully saturated rings. The Hall–Kier alpha value is -2.07. The molecular formula is C14H9NO2S. The van der Waals surface area contributed by atoms with Gasteiger partial charge in [0, 0.05) is 0 Å². The number of hydrogen-bond acceptors (Lipinski definition) is 3. The second kappa shape index (κ2) is 4.31. The summed E-state index contributed by atoms with van der Waals surface area (Å²) in [5, 5.41) is 4.19. The van der Waals surface area contributed by atoms with Crippen LogP contribution >= 0.6 is 11.8 Å². The van der Waals surface area contributed by atoms with Crippen LogP contribution in [0.2, 0.25) is 0 Å². The number of nitrogens with one attached hydrogen (secondary N) is 1. The number of amides is 2. The van der Waals surface area contributed by atoms with E-state index in [2.05, 4.69) is 5.32 Å². The first-order valence-electron chi connectivity index (χ1n) is 5.46. The fraction of sp³-hybridized carbons (Fsp3) is 0. The van der Waals surface area contributed by atoms with E-state index in [4.69, 9.17) is 0 Å². The SMILES string of the molecule is O=C1NC(=O)/C(=C/c2ccc3ccccc3c2)S1. The van der Waals surface area contributed by atoms with Gasteiger partial charge >= 0.3 is 0 Å². The Labute approximate surface area is 108 Å². The van der Waals surface area contributed by atoms with Crippen molar-refractivity contribution in [3.8, 4) is 0 Å². The maximum atomic E-state index is 11.4. The molecule has 1 saturated heterocycles. The van der Waals surface area contributed by atoms with E-state index >= 15 is 0 Å². The van der Waals surface area contributed by atoms with Gasteiger partial charge in [-0.3, -0.25) is 14.9 Å². The molecule has 88 valence electrons. The van der Waals surface area contributed by atoms with E-state index in [0.29, 0.717) is 4.91 Å². The Morgan fingerprint density at radius 1 is 1.00 bits per heavy atom. The van der Waals surface area contributed by atoms with E-state index < -0.39 is 0 Å². The number of fused-ring (bicyclic) bond motifs is 1. The summed E-state index contributed by atoms with van der Waals surface area (Å²) in [6, 6.07) is 13.9. The lowest BCUT2D eigenvalue weighted by Gasteiger charge is -1.99. The highest BCUT2D eigenvalue weighted by atomic mass is 32.2. The van der Waals surface area contributed by atoms with Gasteiger partial charge in [0.1, 0.15) is 0 Å². The first-order chi connectivity index (χ1) is 8.72. The molecule has 3 rings (SSSR count). The smallest absolute Gasteiger partial charge is 0.282 e. The van der Waals surface area contributed by atoms with Gasteiger partial charge in [0.2, 0.25) is 0 Å². The molecule has 4 heteroatoms. The molecule has 2 aromatic rings. The van der Waals surface area contributed by atoms with Gasteiger partial charge in [-0.15, -0.1) is 0 Å². The zero-order valence-electron chi connectivity index (χ0n) is 9.34. The lowest BCUT2D eigenvalue weighted by molar-refractivity contribution is -0.115. The van der Waals surface area contributed by atoms with Gasteiger partial charge in [-0.05, 0) is 40.2 Å². The van der Waals surface area contributed by atoms with Crippen molar-refractivity contribution >= 4 is 39.8 Å². The molecule has 1 aliphatic heterocycles. The molecule has 0 bridgehead atoms. The van der Waals surface area contributed by atoms with Gasteiger partial charge in [-0.25, -0.2) is 0 Å². The normalized spacial score (nSPS) is 17.4. The molecule has 1 heterocycles. The van der Waals surface area contributed by atoms with Gasteiger partial charge in [-0.1, -0.05) is 36.4 Å². The average molecular weight is 255 g/mol. The van der Waals surface area contributed by atoms with E-state index in [0.717, 1.165) is 28.1 Å². The van der Waals surface area contributed by atoms with Crippen LogP contribution < -0.4 is 5.32 Å². The summed E-state index contributed by atoms with van der Waals surface area (Å²) in [5.41, 5.74) is 0.918. The molecule has 0 aromatic heterocycles. The standard InChI is InChI=1S/C14H9NO2S/c16-13-12(18-14(17)15-13)8-9-5-6-10-3-1-2-4-11(10)7-9/h1-8H,(H,15,16,17)/b12-8-. The van der Waals surface area contributed by atoms with Gasteiger partial charge in [0.05, 0.1) is 4.91 Å². The largest absolute Gasteiger partial charge is 0.290 e. The minimum Gasteiger partial charge on any atom is -0.282 e. The molecule has 0 aliphatic carbocycles. The Morgan fingerprint density at radius 3 is 2.50 bits per heavy atom. The van der Waals surface area contributed by atoms with Crippen LogP contribution in [0.5, 0.6) is 0 Å². The molecular weight excluding hydrogens is 246 g/mol. The molecule has 0 unspecified atom stereocenters. The van der Waals surface area contributed by atoms with Crippen molar-refractivity contribution in [1.82, 2.24) is 5.32 Å². The Kier molecular flexibility index (Phi) is 2.64. The first kappa shape index (κ1) is 11.0. The number of carbonyl (C=O) groups is 2. The first-order valence-corrected chi connectivity index (χ1v) is 6.28. The van der Waals surface area contributed by atoms with Crippen LogP contribution in [0.3, 0.4) is 0 Å². The third-order valence-corrected chi connectivity index (χ3v) is 3.52. The fourth-order valence-corrected chi connectivity index (χ4v) is 2.55. The molecule has 1 N–H and O–H groups in total. The fourth-order valence-electron chi connectivity index (χ4n) is 1.87. The van der Waals surface area contributed by atoms with Crippen LogP contribution in [0.15, 0.2) is 47.4 Å². The molecule has 2 aromatic carbocycles. The maximum Gasteiger partial charge on any atom is 0.290 e. The average Bonchev–Trinajstić information content (AvgIpc) is 2.68. The summed E-state index contributed by atoms with van der Waals surface area (Å²) < 4.78 is 0. The number of thioether (sulfide) groups is 1. The zero-order valence-corrected chi connectivity index (χ0v) is 10.2. The van der Waals surface area contributed by atoms with Gasteiger partial charge in [-0.2, -0.15) is 0 Å². The summed E-state index contributed by atoms with van der Waals surface area (Å²) in [7, 11) is 0. The predicted octanol–water partition coefficient (Wildman–Crippen LogP) is 3.16. The quantitative estimate of drug-likeness (QED) is 0.796. The molecule has 18 heavy (non-hydrogen) atoms. The number of imide groups is 1. The predicted molar refractivity (Wildman–Crippen MR) is 73.1 cm³/mol. The summed E-state index contributed by atoms with van der Waals surface area (Å²) in [5.74, 6) is -0.321. The van der Waals surface area contributed by atoms with Crippen molar-refractivity contribution in [2.24, 2.45) is 0 Å². The Balaban J connectivity index is 2.02. The van der Waals surface area contributed by atoms with Crippen LogP contribution in [-0.4, -0.2) is 11.1 Å². The zero-order chi connectivity index (χ0) is 12.5. The van der Waals surface area contributed by atoms with E-state index in [9.17, 15) is 9.59 Å². The Bertz CT molecular complexity index is 691. The van der Waals surface area contributed by atoms with E-state index in [-0.39, 0.29) is 11.1 Å². The molecule has 0 radical (unpaired) electrons. The van der Waals surface area contributed by atoms with E-state index in [1.54, 1.807) is 6.08 Å². The number of benzene rings is 2. The lowest BCUT2D eigenvalue weighted by Crippen LogP contribution is -2.17. The van der Waals surface area contributed by atoms with Crippen LogP contribution in [0.1, 0.15) is 5.56 Å². The van der Waals surface area contributed by atoms with Gasteiger partial charge < -0.3 is 0 Å². The molecule has 2 amide bonds. The summed E-state index contributed by atoms with van der Waals surface area (Å²) in [6.07, 6.45) is 1.73. The van der Waals surface area contributed by atoms with Crippen LogP contribution in [0.4, 0.5) is 4.79 Å². The summed E-state index contributed by atoms with van der Waals surface area (Å²) >= 11 is 0.935. The van der Waals surface area contributed by atoms with E-state index in [1.807, 2.05) is 42.5 Å². The summed E-state index contributed by atoms with van der Waals surface area (Å²) in [4.78, 5) is 22.9. The highest BCUT2D eigenvalue weighted by Gasteiger charge is 2.24. The molecule has 1 aliphatic rings. The summed E-state index contributed by atoms with van der Waals surface area (Å²) in [6.45, 7) is 0. The monoisotopic (exact) mass is 255 g/mol. The van der Waals surface area contributed by atoms with E-state index in [1.165, 1.54) is 0 Å². The second-order valence-electron chi connectivity index (χ2n) is 3.96. The van der Waals surface area contributed by atoms with Crippen molar-refractivity contribution in [2.75, 3.05) is 0 Å². The highest BCUT2D eigenvalue weighted by Crippen LogP contribution is 2.26. The molecule has 3 nitrogen and oxygen atoms in total. The number of rotatable bonds is 1. The third kappa shape index (κ3) is 2.02. The van der Waals surface area contributed by atoms with Crippen molar-refractivity contribution in [2.45, 2.75) is 0 Å². The highest BCUT2D eigenvalue weighted by molar-refractivity contribution is 8.18. The lowest BCUT2D eigenvalue weighted by atomic mass is 10.1. The third-order valence-electron chi connectivity index (χ3n) is 2.71. The molecule has 0 saturated carbocycles. The van der Waals surface area contributed by atoms with Gasteiger partial charge in [0.15, 0.2) is 0 Å². The van der Waals surface area contributed by atoms with Crippen molar-refractivity contribution < 1.29 is 9.59 Å². The minimum atomic E-state index is -0.321.